The van der Waals surface area contributed by atoms with Crippen molar-refractivity contribution in [1.82, 2.24) is 14.7 Å². The van der Waals surface area contributed by atoms with Crippen molar-refractivity contribution < 1.29 is 5.11 Å². The van der Waals surface area contributed by atoms with Gasteiger partial charge in [-0.15, -0.1) is 0 Å². The molecule has 3 rings (SSSR count). The summed E-state index contributed by atoms with van der Waals surface area (Å²) in [5.41, 5.74) is 1.89. The van der Waals surface area contributed by atoms with Crippen molar-refractivity contribution in [3.63, 3.8) is 0 Å². The summed E-state index contributed by atoms with van der Waals surface area (Å²) >= 11 is 0. The van der Waals surface area contributed by atoms with E-state index in [2.05, 4.69) is 34.3 Å². The molecule has 0 unspecified atom stereocenters. The highest BCUT2D eigenvalue weighted by atomic mass is 16.3. The standard InChI is InChI=1S/C15H19N3O/c1-2-15(19)11-17(12-15)10-13-4-6-14(7-5-13)18-9-3-8-16-18/h3-9,19H,2,10-12H2,1H3. The first kappa shape index (κ1) is 12.4. The van der Waals surface area contributed by atoms with E-state index in [9.17, 15) is 5.11 Å². The first-order valence-electron chi connectivity index (χ1n) is 6.72. The fourth-order valence-electron chi connectivity index (χ4n) is 2.56. The van der Waals surface area contributed by atoms with Gasteiger partial charge < -0.3 is 5.11 Å². The van der Waals surface area contributed by atoms with Crippen molar-refractivity contribution >= 4 is 0 Å². The van der Waals surface area contributed by atoms with E-state index in [0.717, 1.165) is 31.7 Å². The molecule has 0 bridgehead atoms. The average Bonchev–Trinajstić information content (AvgIpc) is 2.91. The molecule has 2 aromatic rings. The van der Waals surface area contributed by atoms with Gasteiger partial charge in [0.25, 0.3) is 0 Å². The lowest BCUT2D eigenvalue weighted by Crippen LogP contribution is -2.60. The van der Waals surface area contributed by atoms with Crippen LogP contribution in [0.5, 0.6) is 0 Å². The molecule has 1 aliphatic heterocycles. The van der Waals surface area contributed by atoms with Gasteiger partial charge in [-0.25, -0.2) is 4.68 Å². The highest BCUT2D eigenvalue weighted by molar-refractivity contribution is 5.33. The number of hydrogen-bond acceptors (Lipinski definition) is 3. The van der Waals surface area contributed by atoms with E-state index >= 15 is 0 Å². The van der Waals surface area contributed by atoms with Gasteiger partial charge in [-0.05, 0) is 30.2 Å². The molecule has 0 aliphatic carbocycles. The third-order valence-electron chi connectivity index (χ3n) is 3.81. The molecule has 1 saturated heterocycles. The van der Waals surface area contributed by atoms with Crippen molar-refractivity contribution in [3.05, 3.63) is 48.3 Å². The SMILES string of the molecule is CCC1(O)CN(Cc2ccc(-n3cccn3)cc2)C1. The first-order valence-corrected chi connectivity index (χ1v) is 6.72. The van der Waals surface area contributed by atoms with Gasteiger partial charge in [-0.3, -0.25) is 4.90 Å². The van der Waals surface area contributed by atoms with Crippen LogP contribution in [0.2, 0.25) is 0 Å². The second-order valence-corrected chi connectivity index (χ2v) is 5.34. The summed E-state index contributed by atoms with van der Waals surface area (Å²) in [6.45, 7) is 4.51. The molecule has 1 aromatic carbocycles. The van der Waals surface area contributed by atoms with E-state index in [1.807, 2.05) is 23.9 Å². The maximum absolute atomic E-state index is 9.98. The van der Waals surface area contributed by atoms with Crippen molar-refractivity contribution in [2.75, 3.05) is 13.1 Å². The third kappa shape index (κ3) is 2.55. The van der Waals surface area contributed by atoms with Gasteiger partial charge >= 0.3 is 0 Å². The molecule has 0 radical (unpaired) electrons. The fraction of sp³-hybridized carbons (Fsp3) is 0.400. The maximum Gasteiger partial charge on any atom is 0.0897 e. The summed E-state index contributed by atoms with van der Waals surface area (Å²) in [6.07, 6.45) is 4.55. The number of aromatic nitrogens is 2. The van der Waals surface area contributed by atoms with E-state index in [0.29, 0.717) is 0 Å². The Hall–Kier alpha value is -1.65. The molecule has 4 nitrogen and oxygen atoms in total. The van der Waals surface area contributed by atoms with Crippen molar-refractivity contribution in [1.29, 1.82) is 0 Å². The zero-order chi connectivity index (χ0) is 13.3. The van der Waals surface area contributed by atoms with Gasteiger partial charge in [0.15, 0.2) is 0 Å². The lowest BCUT2D eigenvalue weighted by molar-refractivity contribution is -0.103. The molecule has 1 aliphatic rings. The molecular formula is C15H19N3O. The number of rotatable bonds is 4. The molecule has 0 spiro atoms. The van der Waals surface area contributed by atoms with Crippen LogP contribution in [0, 0.1) is 0 Å². The number of nitrogens with zero attached hydrogens (tertiary/aromatic N) is 3. The summed E-state index contributed by atoms with van der Waals surface area (Å²) in [6, 6.07) is 10.3. The Morgan fingerprint density at radius 2 is 2.00 bits per heavy atom. The Bertz CT molecular complexity index is 527. The second kappa shape index (κ2) is 4.79. The Kier molecular flexibility index (Phi) is 3.12. The number of aliphatic hydroxyl groups is 1. The Morgan fingerprint density at radius 1 is 1.26 bits per heavy atom. The Morgan fingerprint density at radius 3 is 2.58 bits per heavy atom. The summed E-state index contributed by atoms with van der Waals surface area (Å²) in [5, 5.41) is 14.2. The molecule has 1 aromatic heterocycles. The predicted molar refractivity (Wildman–Crippen MR) is 74.1 cm³/mol. The third-order valence-corrected chi connectivity index (χ3v) is 3.81. The highest BCUT2D eigenvalue weighted by Gasteiger charge is 2.38. The molecule has 2 heterocycles. The molecule has 0 atom stereocenters. The van der Waals surface area contributed by atoms with Crippen LogP contribution in [0.15, 0.2) is 42.7 Å². The largest absolute Gasteiger partial charge is 0.387 e. The Balaban J connectivity index is 1.62. The predicted octanol–water partition coefficient (Wildman–Crippen LogP) is 1.83. The minimum atomic E-state index is -0.449. The molecule has 0 saturated carbocycles. The van der Waals surface area contributed by atoms with Gasteiger partial charge in [0.2, 0.25) is 0 Å². The lowest BCUT2D eigenvalue weighted by Gasteiger charge is -2.46. The van der Waals surface area contributed by atoms with Crippen molar-refractivity contribution in [2.24, 2.45) is 0 Å². The monoisotopic (exact) mass is 257 g/mol. The van der Waals surface area contributed by atoms with E-state index < -0.39 is 5.60 Å². The highest BCUT2D eigenvalue weighted by Crippen LogP contribution is 2.25. The van der Waals surface area contributed by atoms with Crippen LogP contribution in [-0.4, -0.2) is 38.5 Å². The van der Waals surface area contributed by atoms with Gasteiger partial charge in [0.05, 0.1) is 11.3 Å². The van der Waals surface area contributed by atoms with E-state index in [4.69, 9.17) is 0 Å². The maximum atomic E-state index is 9.98. The normalized spacial score (nSPS) is 18.2. The summed E-state index contributed by atoms with van der Waals surface area (Å²) in [7, 11) is 0. The van der Waals surface area contributed by atoms with Crippen LogP contribution in [0.25, 0.3) is 5.69 Å². The van der Waals surface area contributed by atoms with Crippen molar-refractivity contribution in [2.45, 2.75) is 25.5 Å². The molecule has 0 amide bonds. The lowest BCUT2D eigenvalue weighted by atomic mass is 9.91. The molecule has 1 N–H and O–H groups in total. The van der Waals surface area contributed by atoms with Gasteiger partial charge in [-0.1, -0.05) is 19.1 Å². The topological polar surface area (TPSA) is 41.3 Å². The van der Waals surface area contributed by atoms with Crippen LogP contribution in [0.3, 0.4) is 0 Å². The van der Waals surface area contributed by atoms with Crippen molar-refractivity contribution in [3.8, 4) is 5.69 Å². The van der Waals surface area contributed by atoms with E-state index in [1.54, 1.807) is 6.20 Å². The summed E-state index contributed by atoms with van der Waals surface area (Å²) in [4.78, 5) is 2.27. The van der Waals surface area contributed by atoms with Gasteiger partial charge in [0, 0.05) is 32.0 Å². The van der Waals surface area contributed by atoms with Crippen LogP contribution in [0.4, 0.5) is 0 Å². The number of hydrogen-bond donors (Lipinski definition) is 1. The number of β-amino-alcohol motifs (C(OH)–C–C–N with tert-alkyl or cyclic N) is 1. The smallest absolute Gasteiger partial charge is 0.0897 e. The second-order valence-electron chi connectivity index (χ2n) is 5.34. The summed E-state index contributed by atoms with van der Waals surface area (Å²) in [5.74, 6) is 0. The zero-order valence-corrected chi connectivity index (χ0v) is 11.2. The van der Waals surface area contributed by atoms with Gasteiger partial charge in [-0.2, -0.15) is 5.10 Å². The van der Waals surface area contributed by atoms with Crippen LogP contribution in [-0.2, 0) is 6.54 Å². The molecule has 1 fully saturated rings. The molecule has 19 heavy (non-hydrogen) atoms. The minimum Gasteiger partial charge on any atom is -0.387 e. The van der Waals surface area contributed by atoms with Gasteiger partial charge in [0.1, 0.15) is 0 Å². The average molecular weight is 257 g/mol. The van der Waals surface area contributed by atoms with Crippen LogP contribution >= 0.6 is 0 Å². The fourth-order valence-corrected chi connectivity index (χ4v) is 2.56. The van der Waals surface area contributed by atoms with Crippen LogP contribution < -0.4 is 0 Å². The number of benzene rings is 1. The minimum absolute atomic E-state index is 0.449. The van der Waals surface area contributed by atoms with Crippen LogP contribution in [0.1, 0.15) is 18.9 Å². The zero-order valence-electron chi connectivity index (χ0n) is 11.2. The number of likely N-dealkylation sites (tertiary alicyclic amines) is 1. The first-order chi connectivity index (χ1) is 9.18. The summed E-state index contributed by atoms with van der Waals surface area (Å²) < 4.78 is 1.85. The molecule has 100 valence electrons. The molecular weight excluding hydrogens is 238 g/mol. The quantitative estimate of drug-likeness (QED) is 0.908. The Labute approximate surface area is 113 Å². The molecule has 4 heteroatoms. The van der Waals surface area contributed by atoms with E-state index in [-0.39, 0.29) is 0 Å². The van der Waals surface area contributed by atoms with E-state index in [1.165, 1.54) is 5.56 Å².